The molecule has 0 saturated heterocycles. The van der Waals surface area contributed by atoms with Crippen molar-refractivity contribution in [1.29, 1.82) is 0 Å². The van der Waals surface area contributed by atoms with Crippen molar-refractivity contribution in [2.45, 2.75) is 111 Å². The molecule has 43 heavy (non-hydrogen) atoms. The second-order valence-corrected chi connectivity index (χ2v) is 12.3. The van der Waals surface area contributed by atoms with Crippen LogP contribution in [0.15, 0.2) is 42.5 Å². The van der Waals surface area contributed by atoms with Crippen LogP contribution >= 0.6 is 0 Å². The first kappa shape index (κ1) is 35.3. The van der Waals surface area contributed by atoms with Crippen LogP contribution in [0.5, 0.6) is 0 Å². The number of hydrogen-bond donors (Lipinski definition) is 3. The van der Waals surface area contributed by atoms with E-state index in [1.807, 2.05) is 63.2 Å². The van der Waals surface area contributed by atoms with Gasteiger partial charge in [0, 0.05) is 12.2 Å². The molecule has 0 heterocycles. The maximum atomic E-state index is 14.3. The third kappa shape index (κ3) is 12.1. The first-order valence-corrected chi connectivity index (χ1v) is 15.2. The SMILES string of the molecule is CCCCCCCCN(C(=O)C(CC(N)=O)NC(=O)OC(C)(C)C)C(C(=O)Nc1ccccc1C)c1cc(C)cc(C)c1. The van der Waals surface area contributed by atoms with E-state index in [0.29, 0.717) is 17.7 Å². The lowest BCUT2D eigenvalue weighted by atomic mass is 9.97. The van der Waals surface area contributed by atoms with E-state index in [4.69, 9.17) is 10.5 Å². The maximum absolute atomic E-state index is 14.3. The first-order chi connectivity index (χ1) is 20.2. The van der Waals surface area contributed by atoms with Crippen molar-refractivity contribution >= 4 is 29.5 Å². The number of rotatable bonds is 15. The van der Waals surface area contributed by atoms with Gasteiger partial charge < -0.3 is 26.0 Å². The predicted octanol–water partition coefficient (Wildman–Crippen LogP) is 6.25. The van der Waals surface area contributed by atoms with Crippen LogP contribution in [0.1, 0.15) is 101 Å². The summed E-state index contributed by atoms with van der Waals surface area (Å²) in [7, 11) is 0. The molecule has 0 aliphatic carbocycles. The Balaban J connectivity index is 2.57. The van der Waals surface area contributed by atoms with Crippen LogP contribution in [0.2, 0.25) is 0 Å². The Hall–Kier alpha value is -3.88. The van der Waals surface area contributed by atoms with E-state index in [9.17, 15) is 19.2 Å². The molecule has 2 unspecified atom stereocenters. The second-order valence-electron chi connectivity index (χ2n) is 12.3. The summed E-state index contributed by atoms with van der Waals surface area (Å²) in [6, 6.07) is 10.9. The van der Waals surface area contributed by atoms with Crippen molar-refractivity contribution in [2.24, 2.45) is 5.73 Å². The summed E-state index contributed by atoms with van der Waals surface area (Å²) in [5, 5.41) is 5.56. The molecule has 2 atom stereocenters. The molecule has 4 amide bonds. The van der Waals surface area contributed by atoms with Crippen LogP contribution in [-0.4, -0.2) is 46.9 Å². The summed E-state index contributed by atoms with van der Waals surface area (Å²) < 4.78 is 5.38. The van der Waals surface area contributed by atoms with E-state index in [1.54, 1.807) is 20.8 Å². The molecule has 4 N–H and O–H groups in total. The molecule has 9 nitrogen and oxygen atoms in total. The molecule has 236 valence electrons. The standard InChI is InChI=1S/C34H50N4O5/c1-8-9-10-11-12-15-18-38(32(41)28(22-29(35)39)37-33(42)43-34(5,6)7)30(26-20-23(2)19-24(3)21-26)31(40)36-27-17-14-13-16-25(27)4/h13-14,16-17,19-21,28,30H,8-12,15,18,22H2,1-7H3,(H2,35,39)(H,36,40)(H,37,42). The van der Waals surface area contributed by atoms with Crippen molar-refractivity contribution in [3.05, 3.63) is 64.7 Å². The molecule has 0 fully saturated rings. The smallest absolute Gasteiger partial charge is 0.408 e. The topological polar surface area (TPSA) is 131 Å². The summed E-state index contributed by atoms with van der Waals surface area (Å²) in [4.78, 5) is 54.8. The van der Waals surface area contributed by atoms with Crippen LogP contribution in [0.3, 0.4) is 0 Å². The number of alkyl carbamates (subject to hydrolysis) is 1. The Morgan fingerprint density at radius 1 is 0.907 bits per heavy atom. The number of nitrogens with one attached hydrogen (secondary N) is 2. The monoisotopic (exact) mass is 594 g/mol. The normalized spacial score (nSPS) is 12.6. The molecule has 0 aliphatic heterocycles. The number of carbonyl (C=O) groups is 4. The fourth-order valence-electron chi connectivity index (χ4n) is 5.04. The van der Waals surface area contributed by atoms with Crippen molar-refractivity contribution in [2.75, 3.05) is 11.9 Å². The Labute approximate surface area is 256 Å². The average molecular weight is 595 g/mol. The molecular formula is C34H50N4O5. The summed E-state index contributed by atoms with van der Waals surface area (Å²) in [6.45, 7) is 13.3. The molecule has 0 saturated carbocycles. The lowest BCUT2D eigenvalue weighted by Gasteiger charge is -2.34. The molecule has 2 rings (SSSR count). The van der Waals surface area contributed by atoms with Crippen LogP contribution in [-0.2, 0) is 19.1 Å². The highest BCUT2D eigenvalue weighted by molar-refractivity contribution is 6.00. The molecule has 9 heteroatoms. The molecule has 2 aromatic rings. The van der Waals surface area contributed by atoms with Crippen LogP contribution in [0.25, 0.3) is 0 Å². The number of carbonyl (C=O) groups excluding carboxylic acids is 4. The van der Waals surface area contributed by atoms with Gasteiger partial charge in [-0.3, -0.25) is 14.4 Å². The number of nitrogens with zero attached hydrogens (tertiary/aromatic N) is 1. The van der Waals surface area contributed by atoms with Gasteiger partial charge in [0.25, 0.3) is 5.91 Å². The van der Waals surface area contributed by atoms with Crippen molar-refractivity contribution < 1.29 is 23.9 Å². The van der Waals surface area contributed by atoms with Crippen molar-refractivity contribution in [3.8, 4) is 0 Å². The maximum Gasteiger partial charge on any atom is 0.408 e. The highest BCUT2D eigenvalue weighted by Gasteiger charge is 2.37. The molecule has 0 bridgehead atoms. The number of primary amides is 1. The van der Waals surface area contributed by atoms with E-state index in [-0.39, 0.29) is 6.54 Å². The lowest BCUT2D eigenvalue weighted by molar-refractivity contribution is -0.142. The third-order valence-corrected chi connectivity index (χ3v) is 6.95. The number of benzene rings is 2. The van der Waals surface area contributed by atoms with Gasteiger partial charge in [-0.1, -0.05) is 86.6 Å². The fourth-order valence-corrected chi connectivity index (χ4v) is 5.04. The van der Waals surface area contributed by atoms with Gasteiger partial charge in [-0.05, 0) is 65.2 Å². The number of hydrogen-bond acceptors (Lipinski definition) is 5. The van der Waals surface area contributed by atoms with Gasteiger partial charge in [0.1, 0.15) is 17.7 Å². The zero-order chi connectivity index (χ0) is 32.2. The van der Waals surface area contributed by atoms with E-state index >= 15 is 0 Å². The number of para-hydroxylation sites is 1. The van der Waals surface area contributed by atoms with Crippen molar-refractivity contribution in [1.82, 2.24) is 10.2 Å². The molecule has 0 aromatic heterocycles. The molecule has 0 radical (unpaired) electrons. The van der Waals surface area contributed by atoms with Gasteiger partial charge in [0.05, 0.1) is 6.42 Å². The van der Waals surface area contributed by atoms with Gasteiger partial charge in [0.15, 0.2) is 0 Å². The summed E-state index contributed by atoms with van der Waals surface area (Å²) in [6.07, 6.45) is 4.55. The minimum Gasteiger partial charge on any atom is -0.444 e. The van der Waals surface area contributed by atoms with Gasteiger partial charge in [0.2, 0.25) is 11.8 Å². The zero-order valence-corrected chi connectivity index (χ0v) is 26.9. The molecular weight excluding hydrogens is 544 g/mol. The van der Waals surface area contributed by atoms with Gasteiger partial charge in [-0.25, -0.2) is 4.79 Å². The zero-order valence-electron chi connectivity index (χ0n) is 26.9. The third-order valence-electron chi connectivity index (χ3n) is 6.95. The summed E-state index contributed by atoms with van der Waals surface area (Å²) in [5.74, 6) is -1.74. The molecule has 0 spiro atoms. The second kappa shape index (κ2) is 16.7. The van der Waals surface area contributed by atoms with Crippen LogP contribution in [0.4, 0.5) is 10.5 Å². The quantitative estimate of drug-likeness (QED) is 0.210. The predicted molar refractivity (Wildman–Crippen MR) is 171 cm³/mol. The highest BCUT2D eigenvalue weighted by Crippen LogP contribution is 2.28. The van der Waals surface area contributed by atoms with E-state index in [1.165, 1.54) is 4.90 Å². The van der Waals surface area contributed by atoms with E-state index < -0.39 is 47.9 Å². The summed E-state index contributed by atoms with van der Waals surface area (Å²) in [5.41, 5.74) is 8.73. The van der Waals surface area contributed by atoms with Crippen LogP contribution < -0.4 is 16.4 Å². The van der Waals surface area contributed by atoms with E-state index in [2.05, 4.69) is 17.6 Å². The number of anilines is 1. The van der Waals surface area contributed by atoms with Gasteiger partial charge >= 0.3 is 6.09 Å². The van der Waals surface area contributed by atoms with Crippen molar-refractivity contribution in [3.63, 3.8) is 0 Å². The Morgan fingerprint density at radius 3 is 2.09 bits per heavy atom. The first-order valence-electron chi connectivity index (χ1n) is 15.2. The van der Waals surface area contributed by atoms with Crippen LogP contribution in [0, 0.1) is 20.8 Å². The number of nitrogens with two attached hydrogens (primary N) is 1. The molecule has 0 aliphatic rings. The van der Waals surface area contributed by atoms with Gasteiger partial charge in [-0.2, -0.15) is 0 Å². The highest BCUT2D eigenvalue weighted by atomic mass is 16.6. The lowest BCUT2D eigenvalue weighted by Crippen LogP contribution is -2.53. The Bertz CT molecular complexity index is 1230. The van der Waals surface area contributed by atoms with Gasteiger partial charge in [-0.15, -0.1) is 0 Å². The Kier molecular flexibility index (Phi) is 13.7. The summed E-state index contributed by atoms with van der Waals surface area (Å²) >= 11 is 0. The number of ether oxygens (including phenoxy) is 1. The fraction of sp³-hybridized carbons (Fsp3) is 0.529. The minimum absolute atomic E-state index is 0.245. The largest absolute Gasteiger partial charge is 0.444 e. The minimum atomic E-state index is -1.31. The number of aryl methyl sites for hydroxylation is 3. The number of unbranched alkanes of at least 4 members (excludes halogenated alkanes) is 5. The Morgan fingerprint density at radius 2 is 1.51 bits per heavy atom. The molecule has 2 aromatic carbocycles. The van der Waals surface area contributed by atoms with E-state index in [0.717, 1.165) is 48.8 Å². The number of amides is 4. The average Bonchev–Trinajstić information content (AvgIpc) is 2.88.